The van der Waals surface area contributed by atoms with Crippen LogP contribution < -0.4 is 0 Å². The second-order valence-electron chi connectivity index (χ2n) is 3.18. The summed E-state index contributed by atoms with van der Waals surface area (Å²) in [5.74, 6) is 0.127. The van der Waals surface area contributed by atoms with Crippen LogP contribution in [0, 0.1) is 5.92 Å². The van der Waals surface area contributed by atoms with Gasteiger partial charge in [0.2, 0.25) is 0 Å². The Labute approximate surface area is 68.3 Å². The molecule has 0 aromatic rings. The highest BCUT2D eigenvalue weighted by Crippen LogP contribution is 2.08. The number of hydrogen-bond acceptors (Lipinski definition) is 3. The number of ether oxygens (including phenoxy) is 1. The summed E-state index contributed by atoms with van der Waals surface area (Å²) < 4.78 is 4.65. The average Bonchev–Trinajstić information content (AvgIpc) is 1.85. The number of esters is 1. The molecule has 0 aliphatic heterocycles. The van der Waals surface area contributed by atoms with E-state index in [9.17, 15) is 4.79 Å². The molecule has 0 unspecified atom stereocenters. The molecule has 0 saturated carbocycles. The Kier molecular flexibility index (Phi) is 4.11. The first kappa shape index (κ1) is 10.4. The molecular weight excluding hydrogens is 142 g/mol. The predicted molar refractivity (Wildman–Crippen MR) is 44.3 cm³/mol. The van der Waals surface area contributed by atoms with E-state index < -0.39 is 0 Å². The quantitative estimate of drug-likeness (QED) is 0.569. The van der Waals surface area contributed by atoms with Gasteiger partial charge >= 0.3 is 5.97 Å². The number of methoxy groups -OCH3 is 1. The molecule has 11 heavy (non-hydrogen) atoms. The van der Waals surface area contributed by atoms with Crippen LogP contribution in [0.25, 0.3) is 0 Å². The minimum atomic E-state index is -0.162. The summed E-state index contributed by atoms with van der Waals surface area (Å²) in [5, 5.41) is 0. The van der Waals surface area contributed by atoms with Gasteiger partial charge in [0.25, 0.3) is 0 Å². The lowest BCUT2D eigenvalue weighted by Gasteiger charge is -2.24. The molecule has 0 rings (SSSR count). The molecule has 0 radical (unpaired) electrons. The minimum absolute atomic E-state index is 0.125. The predicted octanol–water partition coefficient (Wildman–Crippen LogP) is 0.746. The van der Waals surface area contributed by atoms with Crippen molar-refractivity contribution < 1.29 is 9.53 Å². The van der Waals surface area contributed by atoms with Crippen molar-refractivity contribution in [3.05, 3.63) is 0 Å². The lowest BCUT2D eigenvalue weighted by atomic mass is 10.0. The Hall–Kier alpha value is -0.570. The number of carbonyl (C=O) groups is 1. The van der Waals surface area contributed by atoms with E-state index in [2.05, 4.69) is 4.74 Å². The molecule has 0 fully saturated rings. The average molecular weight is 159 g/mol. The number of likely N-dealkylation sites (N-methyl/N-ethyl adjacent to an activating group) is 1. The summed E-state index contributed by atoms with van der Waals surface area (Å²) in [5.41, 5.74) is 0. The summed E-state index contributed by atoms with van der Waals surface area (Å²) in [4.78, 5) is 13.0. The number of hydrogen-bond donors (Lipinski definition) is 0. The number of nitrogens with zero attached hydrogens (tertiary/aromatic N) is 1. The molecule has 0 aromatic carbocycles. The molecule has 3 heteroatoms. The van der Waals surface area contributed by atoms with Crippen LogP contribution in [0.3, 0.4) is 0 Å². The van der Waals surface area contributed by atoms with Crippen LogP contribution in [0.15, 0.2) is 0 Å². The molecule has 0 aromatic heterocycles. The maximum atomic E-state index is 11.1. The first-order chi connectivity index (χ1) is 5.00. The zero-order valence-electron chi connectivity index (χ0n) is 7.92. The van der Waals surface area contributed by atoms with Gasteiger partial charge in [-0.15, -0.1) is 0 Å². The molecule has 0 aliphatic rings. The maximum Gasteiger partial charge on any atom is 0.323 e. The zero-order chi connectivity index (χ0) is 9.02. The van der Waals surface area contributed by atoms with Crippen molar-refractivity contribution in [3.63, 3.8) is 0 Å². The van der Waals surface area contributed by atoms with E-state index in [0.717, 1.165) is 0 Å². The molecule has 0 bridgehead atoms. The van der Waals surface area contributed by atoms with Crippen molar-refractivity contribution in [2.45, 2.75) is 19.9 Å². The lowest BCUT2D eigenvalue weighted by molar-refractivity contribution is -0.147. The highest BCUT2D eigenvalue weighted by atomic mass is 16.5. The van der Waals surface area contributed by atoms with Gasteiger partial charge in [-0.05, 0) is 20.0 Å². The third-order valence-corrected chi connectivity index (χ3v) is 1.63. The van der Waals surface area contributed by atoms with Crippen molar-refractivity contribution in [2.75, 3.05) is 21.2 Å². The van der Waals surface area contributed by atoms with Crippen LogP contribution >= 0.6 is 0 Å². The summed E-state index contributed by atoms with van der Waals surface area (Å²) in [7, 11) is 5.17. The van der Waals surface area contributed by atoms with E-state index in [0.29, 0.717) is 0 Å². The third-order valence-electron chi connectivity index (χ3n) is 1.63. The Morgan fingerprint density at radius 2 is 1.82 bits per heavy atom. The lowest BCUT2D eigenvalue weighted by Crippen LogP contribution is -2.40. The molecule has 0 saturated heterocycles. The third kappa shape index (κ3) is 2.89. The van der Waals surface area contributed by atoms with Gasteiger partial charge in [0.1, 0.15) is 6.04 Å². The Morgan fingerprint density at radius 3 is 1.91 bits per heavy atom. The van der Waals surface area contributed by atoms with Crippen LogP contribution in [0.4, 0.5) is 0 Å². The fraction of sp³-hybridized carbons (Fsp3) is 0.875. The minimum Gasteiger partial charge on any atom is -0.468 e. The molecule has 3 nitrogen and oxygen atoms in total. The van der Waals surface area contributed by atoms with Crippen LogP contribution in [0.2, 0.25) is 0 Å². The first-order valence-corrected chi connectivity index (χ1v) is 3.75. The van der Waals surface area contributed by atoms with Gasteiger partial charge in [0, 0.05) is 0 Å². The van der Waals surface area contributed by atoms with E-state index in [1.54, 1.807) is 0 Å². The second-order valence-corrected chi connectivity index (χ2v) is 3.18. The molecule has 0 aliphatic carbocycles. The van der Waals surface area contributed by atoms with Crippen molar-refractivity contribution in [1.29, 1.82) is 0 Å². The van der Waals surface area contributed by atoms with Gasteiger partial charge in [-0.3, -0.25) is 9.69 Å². The Bertz CT molecular complexity index is 124. The zero-order valence-corrected chi connectivity index (χ0v) is 7.92. The smallest absolute Gasteiger partial charge is 0.323 e. The fourth-order valence-corrected chi connectivity index (χ4v) is 1.20. The molecule has 0 N–H and O–H groups in total. The normalized spacial score (nSPS) is 13.7. The van der Waals surface area contributed by atoms with Gasteiger partial charge in [-0.25, -0.2) is 0 Å². The molecule has 0 amide bonds. The van der Waals surface area contributed by atoms with E-state index in [1.165, 1.54) is 7.11 Å². The van der Waals surface area contributed by atoms with E-state index in [1.807, 2.05) is 32.8 Å². The first-order valence-electron chi connectivity index (χ1n) is 3.75. The maximum absolute atomic E-state index is 11.1. The standard InChI is InChI=1S/C8H17NO2/c1-6(2)7(9(3)4)8(10)11-5/h6-7H,1-5H3/t7-/m0/s1. The van der Waals surface area contributed by atoms with E-state index in [-0.39, 0.29) is 17.9 Å². The molecule has 0 heterocycles. The number of carbonyl (C=O) groups excluding carboxylic acids is 1. The van der Waals surface area contributed by atoms with Crippen molar-refractivity contribution in [3.8, 4) is 0 Å². The van der Waals surface area contributed by atoms with Crippen LogP contribution in [0.5, 0.6) is 0 Å². The topological polar surface area (TPSA) is 29.5 Å². The van der Waals surface area contributed by atoms with Crippen molar-refractivity contribution in [1.82, 2.24) is 4.90 Å². The summed E-state index contributed by atoms with van der Waals surface area (Å²) in [6.45, 7) is 4.00. The van der Waals surface area contributed by atoms with Gasteiger partial charge in [-0.1, -0.05) is 13.8 Å². The molecule has 66 valence electrons. The van der Waals surface area contributed by atoms with Gasteiger partial charge < -0.3 is 4.74 Å². The highest BCUT2D eigenvalue weighted by Gasteiger charge is 2.24. The van der Waals surface area contributed by atoms with Crippen molar-refractivity contribution in [2.24, 2.45) is 5.92 Å². The highest BCUT2D eigenvalue weighted by molar-refractivity contribution is 5.75. The monoisotopic (exact) mass is 159 g/mol. The molecule has 0 spiro atoms. The molecular formula is C8H17NO2. The fourth-order valence-electron chi connectivity index (χ4n) is 1.20. The SMILES string of the molecule is COC(=O)[C@H](C(C)C)N(C)C. The van der Waals surface area contributed by atoms with E-state index >= 15 is 0 Å². The van der Waals surface area contributed by atoms with Gasteiger partial charge in [0.15, 0.2) is 0 Å². The summed E-state index contributed by atoms with van der Waals surface area (Å²) in [6, 6.07) is -0.125. The summed E-state index contributed by atoms with van der Waals surface area (Å²) >= 11 is 0. The van der Waals surface area contributed by atoms with Crippen molar-refractivity contribution >= 4 is 5.97 Å². The largest absolute Gasteiger partial charge is 0.468 e. The number of rotatable bonds is 3. The second kappa shape index (κ2) is 4.34. The Balaban J connectivity index is 4.22. The van der Waals surface area contributed by atoms with Crippen LogP contribution in [0.1, 0.15) is 13.8 Å². The molecule has 1 atom stereocenters. The van der Waals surface area contributed by atoms with Gasteiger partial charge in [-0.2, -0.15) is 0 Å². The van der Waals surface area contributed by atoms with Crippen LogP contribution in [-0.2, 0) is 9.53 Å². The van der Waals surface area contributed by atoms with Crippen LogP contribution in [-0.4, -0.2) is 38.1 Å². The summed E-state index contributed by atoms with van der Waals surface area (Å²) in [6.07, 6.45) is 0. The van der Waals surface area contributed by atoms with Gasteiger partial charge in [0.05, 0.1) is 7.11 Å². The van der Waals surface area contributed by atoms with E-state index in [4.69, 9.17) is 0 Å². The Morgan fingerprint density at radius 1 is 1.36 bits per heavy atom.